The second-order valence-corrected chi connectivity index (χ2v) is 6.59. The first-order valence-corrected chi connectivity index (χ1v) is 8.45. The molecule has 0 aromatic heterocycles. The van der Waals surface area contributed by atoms with Gasteiger partial charge in [0.15, 0.2) is 0 Å². The molecule has 2 amide bonds. The minimum Gasteiger partial charge on any atom is -0.394 e. The van der Waals surface area contributed by atoms with E-state index in [0.717, 1.165) is 43.4 Å². The number of aliphatic hydroxyl groups excluding tert-OH is 1. The third kappa shape index (κ3) is 2.98. The van der Waals surface area contributed by atoms with Crippen molar-refractivity contribution >= 4 is 17.5 Å². The summed E-state index contributed by atoms with van der Waals surface area (Å²) in [5, 5.41) is 12.7. The van der Waals surface area contributed by atoms with Crippen LogP contribution >= 0.6 is 0 Å². The molecule has 3 rings (SSSR count). The van der Waals surface area contributed by atoms with Crippen molar-refractivity contribution in [2.45, 2.75) is 51.0 Å². The first-order chi connectivity index (χ1) is 11.1. The van der Waals surface area contributed by atoms with E-state index in [-0.39, 0.29) is 18.4 Å². The Morgan fingerprint density at radius 3 is 2.70 bits per heavy atom. The van der Waals surface area contributed by atoms with Gasteiger partial charge < -0.3 is 15.3 Å². The predicted octanol–water partition coefficient (Wildman–Crippen LogP) is 2.02. The second-order valence-electron chi connectivity index (χ2n) is 6.59. The van der Waals surface area contributed by atoms with Crippen LogP contribution in [0.2, 0.25) is 0 Å². The number of hydrogen-bond donors (Lipinski definition) is 2. The van der Waals surface area contributed by atoms with Crippen LogP contribution in [0.5, 0.6) is 0 Å². The van der Waals surface area contributed by atoms with Crippen molar-refractivity contribution in [3.8, 4) is 0 Å². The monoisotopic (exact) mass is 316 g/mol. The highest BCUT2D eigenvalue weighted by atomic mass is 16.3. The maximum Gasteiger partial charge on any atom is 0.251 e. The maximum absolute atomic E-state index is 12.5. The normalized spacial score (nSPS) is 18.8. The van der Waals surface area contributed by atoms with Gasteiger partial charge in [-0.15, -0.1) is 0 Å². The zero-order chi connectivity index (χ0) is 16.4. The molecule has 0 radical (unpaired) electrons. The standard InChI is InChI=1S/C18H24N2O3/c1-2-16(22)20-10-7-13-11-14(5-6-15(13)20)17(23)19-18(12-21)8-3-4-9-18/h5-6,11,21H,2-4,7-10,12H2,1H3,(H,19,23). The zero-order valence-corrected chi connectivity index (χ0v) is 13.6. The molecule has 5 heteroatoms. The molecule has 1 aromatic rings. The number of nitrogens with one attached hydrogen (secondary N) is 1. The van der Waals surface area contributed by atoms with Crippen LogP contribution in [0.4, 0.5) is 5.69 Å². The lowest BCUT2D eigenvalue weighted by atomic mass is 9.98. The summed E-state index contributed by atoms with van der Waals surface area (Å²) in [6.45, 7) is 2.54. The Labute approximate surface area is 136 Å². The van der Waals surface area contributed by atoms with Gasteiger partial charge >= 0.3 is 0 Å². The minimum atomic E-state index is -0.458. The number of carbonyl (C=O) groups is 2. The van der Waals surface area contributed by atoms with E-state index in [1.54, 1.807) is 11.0 Å². The molecule has 1 aliphatic heterocycles. The van der Waals surface area contributed by atoms with E-state index in [4.69, 9.17) is 0 Å². The third-order valence-corrected chi connectivity index (χ3v) is 5.08. The minimum absolute atomic E-state index is 0.0114. The van der Waals surface area contributed by atoms with E-state index in [2.05, 4.69) is 5.32 Å². The summed E-state index contributed by atoms with van der Waals surface area (Å²) in [5.41, 5.74) is 2.12. The molecule has 124 valence electrons. The fourth-order valence-electron chi connectivity index (χ4n) is 3.68. The van der Waals surface area contributed by atoms with Crippen LogP contribution in [0, 0.1) is 0 Å². The van der Waals surface area contributed by atoms with E-state index < -0.39 is 5.54 Å². The molecule has 1 saturated carbocycles. The number of amides is 2. The molecule has 1 aliphatic carbocycles. The molecule has 1 fully saturated rings. The van der Waals surface area contributed by atoms with Crippen molar-refractivity contribution in [2.75, 3.05) is 18.1 Å². The molecule has 0 spiro atoms. The van der Waals surface area contributed by atoms with Gasteiger partial charge in [-0.3, -0.25) is 9.59 Å². The van der Waals surface area contributed by atoms with Crippen LogP contribution in [0.15, 0.2) is 18.2 Å². The van der Waals surface area contributed by atoms with Crippen molar-refractivity contribution in [3.05, 3.63) is 29.3 Å². The molecule has 2 N–H and O–H groups in total. The third-order valence-electron chi connectivity index (χ3n) is 5.08. The van der Waals surface area contributed by atoms with Gasteiger partial charge in [-0.1, -0.05) is 19.8 Å². The van der Waals surface area contributed by atoms with Gasteiger partial charge in [0, 0.05) is 24.2 Å². The highest BCUT2D eigenvalue weighted by Gasteiger charge is 2.35. The summed E-state index contributed by atoms with van der Waals surface area (Å²) in [5.74, 6) is -0.0184. The van der Waals surface area contributed by atoms with Crippen molar-refractivity contribution in [3.63, 3.8) is 0 Å². The second kappa shape index (κ2) is 6.32. The van der Waals surface area contributed by atoms with Crippen LogP contribution in [0.25, 0.3) is 0 Å². The Balaban J connectivity index is 1.77. The van der Waals surface area contributed by atoms with Crippen LogP contribution in [0.3, 0.4) is 0 Å². The molecular formula is C18H24N2O3. The zero-order valence-electron chi connectivity index (χ0n) is 13.6. The number of fused-ring (bicyclic) bond motifs is 1. The van der Waals surface area contributed by atoms with Crippen LogP contribution < -0.4 is 10.2 Å². The number of aliphatic hydroxyl groups is 1. The summed E-state index contributed by atoms with van der Waals surface area (Å²) in [6, 6.07) is 5.52. The molecule has 0 saturated heterocycles. The number of carbonyl (C=O) groups excluding carboxylic acids is 2. The van der Waals surface area contributed by atoms with Gasteiger partial charge in [0.25, 0.3) is 5.91 Å². The predicted molar refractivity (Wildman–Crippen MR) is 88.5 cm³/mol. The van der Waals surface area contributed by atoms with Crippen molar-refractivity contribution < 1.29 is 14.7 Å². The van der Waals surface area contributed by atoms with Crippen LogP contribution in [0.1, 0.15) is 54.9 Å². The Kier molecular flexibility index (Phi) is 4.39. The van der Waals surface area contributed by atoms with Crippen molar-refractivity contribution in [1.82, 2.24) is 5.32 Å². The molecular weight excluding hydrogens is 292 g/mol. The summed E-state index contributed by atoms with van der Waals surface area (Å²) < 4.78 is 0. The molecule has 1 aromatic carbocycles. The highest BCUT2D eigenvalue weighted by molar-refractivity contribution is 5.98. The summed E-state index contributed by atoms with van der Waals surface area (Å²) >= 11 is 0. The Morgan fingerprint density at radius 2 is 2.04 bits per heavy atom. The molecule has 0 bridgehead atoms. The number of hydrogen-bond acceptors (Lipinski definition) is 3. The Hall–Kier alpha value is -1.88. The summed E-state index contributed by atoms with van der Waals surface area (Å²) in [4.78, 5) is 26.3. The maximum atomic E-state index is 12.5. The van der Waals surface area contributed by atoms with Gasteiger partial charge in [-0.25, -0.2) is 0 Å². The van der Waals surface area contributed by atoms with E-state index in [1.165, 1.54) is 0 Å². The number of rotatable bonds is 4. The van der Waals surface area contributed by atoms with Crippen LogP contribution in [-0.4, -0.2) is 35.6 Å². The van der Waals surface area contributed by atoms with Gasteiger partial charge in [-0.05, 0) is 43.0 Å². The average molecular weight is 316 g/mol. The lowest BCUT2D eigenvalue weighted by Gasteiger charge is -2.28. The Bertz CT molecular complexity index is 621. The average Bonchev–Trinajstić information content (AvgIpc) is 3.20. The van der Waals surface area contributed by atoms with Crippen molar-refractivity contribution in [1.29, 1.82) is 0 Å². The lowest BCUT2D eigenvalue weighted by molar-refractivity contribution is -0.118. The topological polar surface area (TPSA) is 69.6 Å². The molecule has 5 nitrogen and oxygen atoms in total. The van der Waals surface area contributed by atoms with E-state index >= 15 is 0 Å². The molecule has 0 atom stereocenters. The van der Waals surface area contributed by atoms with E-state index in [9.17, 15) is 14.7 Å². The quantitative estimate of drug-likeness (QED) is 0.893. The summed E-state index contributed by atoms with van der Waals surface area (Å²) in [6.07, 6.45) is 5.02. The van der Waals surface area contributed by atoms with Gasteiger partial charge in [-0.2, -0.15) is 0 Å². The number of benzene rings is 1. The molecule has 0 unspecified atom stereocenters. The fraction of sp³-hybridized carbons (Fsp3) is 0.556. The molecule has 23 heavy (non-hydrogen) atoms. The number of nitrogens with zero attached hydrogens (tertiary/aromatic N) is 1. The number of anilines is 1. The van der Waals surface area contributed by atoms with E-state index in [1.807, 2.05) is 19.1 Å². The fourth-order valence-corrected chi connectivity index (χ4v) is 3.68. The van der Waals surface area contributed by atoms with Crippen LogP contribution in [-0.2, 0) is 11.2 Å². The van der Waals surface area contributed by atoms with Gasteiger partial charge in [0.05, 0.1) is 12.1 Å². The SMILES string of the molecule is CCC(=O)N1CCc2cc(C(=O)NC3(CO)CCCC3)ccc21. The van der Waals surface area contributed by atoms with Gasteiger partial charge in [0.1, 0.15) is 0 Å². The lowest BCUT2D eigenvalue weighted by Crippen LogP contribution is -2.49. The smallest absolute Gasteiger partial charge is 0.251 e. The highest BCUT2D eigenvalue weighted by Crippen LogP contribution is 2.31. The van der Waals surface area contributed by atoms with E-state index in [0.29, 0.717) is 18.5 Å². The first kappa shape index (κ1) is 16.0. The largest absolute Gasteiger partial charge is 0.394 e. The Morgan fingerprint density at radius 1 is 1.30 bits per heavy atom. The summed E-state index contributed by atoms with van der Waals surface area (Å²) in [7, 11) is 0. The first-order valence-electron chi connectivity index (χ1n) is 8.45. The molecule has 1 heterocycles. The molecule has 2 aliphatic rings. The van der Waals surface area contributed by atoms with Gasteiger partial charge in [0.2, 0.25) is 5.91 Å². The van der Waals surface area contributed by atoms with Crippen molar-refractivity contribution in [2.24, 2.45) is 0 Å².